The minimum absolute atomic E-state index is 0.000472. The Kier molecular flexibility index (Phi) is 4.22. The Morgan fingerprint density at radius 3 is 2.14 bits per heavy atom. The monoisotopic (exact) mass is 451 g/mol. The molecule has 0 aliphatic heterocycles. The molecule has 5 aromatic carbocycles. The summed E-state index contributed by atoms with van der Waals surface area (Å²) in [5.41, 5.74) is 11.9. The summed E-state index contributed by atoms with van der Waals surface area (Å²) in [6.07, 6.45) is 0. The van der Waals surface area contributed by atoms with E-state index in [1.807, 2.05) is 18.2 Å². The van der Waals surface area contributed by atoms with Gasteiger partial charge in [-0.3, -0.25) is 0 Å². The van der Waals surface area contributed by atoms with Gasteiger partial charge in [-0.1, -0.05) is 86.6 Å². The van der Waals surface area contributed by atoms with Crippen LogP contribution in [-0.2, 0) is 5.41 Å². The van der Waals surface area contributed by atoms with Crippen molar-refractivity contribution in [3.8, 4) is 22.3 Å². The molecule has 0 saturated carbocycles. The molecule has 1 N–H and O–H groups in total. The van der Waals surface area contributed by atoms with Crippen LogP contribution in [0.15, 0.2) is 114 Å². The lowest BCUT2D eigenvalue weighted by Gasteiger charge is -2.22. The van der Waals surface area contributed by atoms with Crippen LogP contribution in [0.25, 0.3) is 44.2 Å². The van der Waals surface area contributed by atoms with Crippen LogP contribution in [0, 0.1) is 0 Å². The maximum absolute atomic E-state index is 6.08. The van der Waals surface area contributed by atoms with E-state index < -0.39 is 0 Å². The molecular formula is C33H25NO. The molecule has 6 aromatic rings. The molecule has 1 aromatic heterocycles. The molecule has 2 nitrogen and oxygen atoms in total. The number of benzene rings is 5. The number of para-hydroxylation sites is 1. The van der Waals surface area contributed by atoms with Crippen molar-refractivity contribution in [2.75, 3.05) is 5.32 Å². The molecule has 0 unspecified atom stereocenters. The van der Waals surface area contributed by atoms with Gasteiger partial charge in [-0.25, -0.2) is 0 Å². The Morgan fingerprint density at radius 2 is 1.26 bits per heavy atom. The van der Waals surface area contributed by atoms with E-state index >= 15 is 0 Å². The summed E-state index contributed by atoms with van der Waals surface area (Å²) >= 11 is 0. The van der Waals surface area contributed by atoms with Gasteiger partial charge < -0.3 is 9.73 Å². The number of hydrogen-bond acceptors (Lipinski definition) is 2. The lowest BCUT2D eigenvalue weighted by atomic mass is 9.82. The molecule has 168 valence electrons. The van der Waals surface area contributed by atoms with E-state index in [0.717, 1.165) is 27.9 Å². The summed E-state index contributed by atoms with van der Waals surface area (Å²) in [7, 11) is 0. The third kappa shape index (κ3) is 3.03. The molecule has 0 spiro atoms. The first-order valence-corrected chi connectivity index (χ1v) is 12.1. The minimum atomic E-state index is -0.000472. The second kappa shape index (κ2) is 7.35. The number of nitrogens with one attached hydrogen (secondary N) is 1. The Labute approximate surface area is 204 Å². The normalized spacial score (nSPS) is 13.7. The molecule has 0 fully saturated rings. The average Bonchev–Trinajstić information content (AvgIpc) is 3.38. The molecule has 7 rings (SSSR count). The van der Waals surface area contributed by atoms with E-state index in [1.54, 1.807) is 0 Å². The zero-order chi connectivity index (χ0) is 23.6. The maximum Gasteiger partial charge on any atom is 0.136 e. The SMILES string of the molecule is CC1(C)c2ccccc2-c2ccc(Nc3ccc(-c4cccc5oc6ccccc6c45)cc3)cc21. The number of anilines is 2. The molecule has 0 atom stereocenters. The van der Waals surface area contributed by atoms with Crippen molar-refractivity contribution < 1.29 is 4.42 Å². The third-order valence-electron chi connectivity index (χ3n) is 7.47. The van der Waals surface area contributed by atoms with Crippen LogP contribution in [0.2, 0.25) is 0 Å². The van der Waals surface area contributed by atoms with Crippen LogP contribution < -0.4 is 5.32 Å². The largest absolute Gasteiger partial charge is 0.456 e. The molecule has 0 radical (unpaired) electrons. The summed E-state index contributed by atoms with van der Waals surface area (Å²) in [4.78, 5) is 0. The topological polar surface area (TPSA) is 25.2 Å². The van der Waals surface area contributed by atoms with Gasteiger partial charge in [0, 0.05) is 27.6 Å². The number of furan rings is 1. The molecule has 0 amide bonds. The first kappa shape index (κ1) is 20.1. The van der Waals surface area contributed by atoms with Gasteiger partial charge in [-0.05, 0) is 69.8 Å². The molecule has 0 bridgehead atoms. The second-order valence-corrected chi connectivity index (χ2v) is 9.91. The zero-order valence-corrected chi connectivity index (χ0v) is 19.8. The fraction of sp³-hybridized carbons (Fsp3) is 0.0909. The summed E-state index contributed by atoms with van der Waals surface area (Å²) in [5.74, 6) is 0. The van der Waals surface area contributed by atoms with Crippen molar-refractivity contribution in [1.82, 2.24) is 0 Å². The fourth-order valence-electron chi connectivity index (χ4n) is 5.70. The van der Waals surface area contributed by atoms with Crippen molar-refractivity contribution in [2.24, 2.45) is 0 Å². The van der Waals surface area contributed by atoms with Crippen LogP contribution >= 0.6 is 0 Å². The summed E-state index contributed by atoms with van der Waals surface area (Å²) in [5, 5.41) is 5.95. The Morgan fingerprint density at radius 1 is 0.571 bits per heavy atom. The molecule has 1 aliphatic rings. The van der Waals surface area contributed by atoms with Crippen LogP contribution in [-0.4, -0.2) is 0 Å². The van der Waals surface area contributed by atoms with Crippen molar-refractivity contribution in [3.05, 3.63) is 120 Å². The highest BCUT2D eigenvalue weighted by Crippen LogP contribution is 2.49. The number of rotatable bonds is 3. The van der Waals surface area contributed by atoms with E-state index in [4.69, 9.17) is 4.42 Å². The van der Waals surface area contributed by atoms with Gasteiger partial charge in [0.25, 0.3) is 0 Å². The predicted molar refractivity (Wildman–Crippen MR) is 146 cm³/mol. The Hall–Kier alpha value is -4.30. The lowest BCUT2D eigenvalue weighted by molar-refractivity contribution is 0.660. The van der Waals surface area contributed by atoms with Gasteiger partial charge in [0.05, 0.1) is 0 Å². The van der Waals surface area contributed by atoms with Crippen molar-refractivity contribution >= 4 is 33.3 Å². The van der Waals surface area contributed by atoms with Crippen LogP contribution in [0.1, 0.15) is 25.0 Å². The van der Waals surface area contributed by atoms with Crippen molar-refractivity contribution in [2.45, 2.75) is 19.3 Å². The molecule has 35 heavy (non-hydrogen) atoms. The van der Waals surface area contributed by atoms with Gasteiger partial charge in [0.15, 0.2) is 0 Å². The smallest absolute Gasteiger partial charge is 0.136 e. The van der Waals surface area contributed by atoms with Crippen LogP contribution in [0.5, 0.6) is 0 Å². The van der Waals surface area contributed by atoms with Crippen molar-refractivity contribution in [1.29, 1.82) is 0 Å². The van der Waals surface area contributed by atoms with Crippen LogP contribution in [0.3, 0.4) is 0 Å². The number of fused-ring (bicyclic) bond motifs is 6. The number of hydrogen-bond donors (Lipinski definition) is 1. The molecule has 0 saturated heterocycles. The van der Waals surface area contributed by atoms with Crippen LogP contribution in [0.4, 0.5) is 11.4 Å². The first-order chi connectivity index (χ1) is 17.1. The predicted octanol–water partition coefficient (Wildman–Crippen LogP) is 9.30. The quantitative estimate of drug-likeness (QED) is 0.290. The van der Waals surface area contributed by atoms with Gasteiger partial charge in [0.1, 0.15) is 11.2 Å². The first-order valence-electron chi connectivity index (χ1n) is 12.1. The Balaban J connectivity index is 1.22. The average molecular weight is 452 g/mol. The highest BCUT2D eigenvalue weighted by atomic mass is 16.3. The third-order valence-corrected chi connectivity index (χ3v) is 7.47. The zero-order valence-electron chi connectivity index (χ0n) is 19.8. The highest BCUT2D eigenvalue weighted by molar-refractivity contribution is 6.12. The van der Waals surface area contributed by atoms with E-state index in [9.17, 15) is 0 Å². The Bertz CT molecular complexity index is 1740. The van der Waals surface area contributed by atoms with Crippen molar-refractivity contribution in [3.63, 3.8) is 0 Å². The molecule has 1 aliphatic carbocycles. The van der Waals surface area contributed by atoms with Gasteiger partial charge in [-0.15, -0.1) is 0 Å². The molecule has 2 heteroatoms. The molecule has 1 heterocycles. The minimum Gasteiger partial charge on any atom is -0.456 e. The maximum atomic E-state index is 6.08. The van der Waals surface area contributed by atoms with Gasteiger partial charge >= 0.3 is 0 Å². The standard InChI is InChI=1S/C33H25NO/c1-33(2)28-11-5-3-8-25(28)26-19-18-23(20-29(26)33)34-22-16-14-21(15-17-22)24-10-7-13-31-32(24)27-9-4-6-12-30(27)35-31/h3-20,34H,1-2H3. The van der Waals surface area contributed by atoms with E-state index in [1.165, 1.54) is 38.8 Å². The summed E-state index contributed by atoms with van der Waals surface area (Å²) in [6.45, 7) is 4.63. The van der Waals surface area contributed by atoms with E-state index in [2.05, 4.69) is 110 Å². The van der Waals surface area contributed by atoms with Gasteiger partial charge in [0.2, 0.25) is 0 Å². The summed E-state index contributed by atoms with van der Waals surface area (Å²) in [6, 6.07) is 38.7. The molecular weight excluding hydrogens is 426 g/mol. The fourth-order valence-corrected chi connectivity index (χ4v) is 5.70. The lowest BCUT2D eigenvalue weighted by Crippen LogP contribution is -2.15. The highest BCUT2D eigenvalue weighted by Gasteiger charge is 2.35. The van der Waals surface area contributed by atoms with Gasteiger partial charge in [-0.2, -0.15) is 0 Å². The summed E-state index contributed by atoms with van der Waals surface area (Å²) < 4.78 is 6.08. The second-order valence-electron chi connectivity index (χ2n) is 9.91. The van der Waals surface area contributed by atoms with E-state index in [-0.39, 0.29) is 5.41 Å². The van der Waals surface area contributed by atoms with E-state index in [0.29, 0.717) is 0 Å².